The third kappa shape index (κ3) is 2.71. The molecule has 2 heteroatoms. The van der Waals surface area contributed by atoms with Gasteiger partial charge >= 0.3 is 0 Å². The first-order valence-electron chi connectivity index (χ1n) is 6.36. The van der Waals surface area contributed by atoms with Gasteiger partial charge in [-0.1, -0.05) is 74.5 Å². The summed E-state index contributed by atoms with van der Waals surface area (Å²) in [6, 6.07) is 21.0. The number of benzene rings is 2. The summed E-state index contributed by atoms with van der Waals surface area (Å²) in [5, 5.41) is -0.0390. The van der Waals surface area contributed by atoms with Crippen molar-refractivity contribution in [3.63, 3.8) is 0 Å². The lowest BCUT2D eigenvalue weighted by Gasteiger charge is -2.33. The largest absolute Gasteiger partial charge is 0.438 e. The zero-order valence-corrected chi connectivity index (χ0v) is 12.4. The van der Waals surface area contributed by atoms with E-state index in [4.69, 9.17) is 0 Å². The molecular formula is C16H20OSi. The number of rotatable bonds is 4. The number of hydrogen-bond donors (Lipinski definition) is 1. The molecule has 0 saturated heterocycles. The molecule has 0 bridgehead atoms. The highest BCUT2D eigenvalue weighted by Gasteiger charge is 2.31. The van der Waals surface area contributed by atoms with E-state index in [0.29, 0.717) is 0 Å². The van der Waals surface area contributed by atoms with Gasteiger partial charge in [-0.05, 0) is 16.2 Å². The second-order valence-corrected chi connectivity index (χ2v) is 7.54. The van der Waals surface area contributed by atoms with Crippen molar-refractivity contribution in [2.75, 3.05) is 0 Å². The molecule has 1 nitrogen and oxygen atoms in total. The summed E-state index contributed by atoms with van der Waals surface area (Å²) in [6.07, 6.45) is 0. The first kappa shape index (κ1) is 13.1. The van der Waals surface area contributed by atoms with Gasteiger partial charge in [-0.2, -0.15) is 0 Å². The lowest BCUT2D eigenvalue weighted by atomic mass is 9.82. The molecule has 94 valence electrons. The molecule has 0 saturated carbocycles. The molecule has 0 aliphatic rings. The van der Waals surface area contributed by atoms with Crippen molar-refractivity contribution >= 4 is 9.76 Å². The minimum absolute atomic E-state index is 0.0390. The Morgan fingerprint density at radius 3 is 1.56 bits per heavy atom. The lowest BCUT2D eigenvalue weighted by Crippen LogP contribution is -2.23. The lowest BCUT2D eigenvalue weighted by molar-refractivity contribution is 0.489. The second-order valence-electron chi connectivity index (χ2n) is 5.40. The van der Waals surface area contributed by atoms with Crippen LogP contribution in [0.15, 0.2) is 60.7 Å². The van der Waals surface area contributed by atoms with E-state index < -0.39 is 9.76 Å². The van der Waals surface area contributed by atoms with Gasteiger partial charge in [0, 0.05) is 5.92 Å². The Morgan fingerprint density at radius 1 is 0.833 bits per heavy atom. The van der Waals surface area contributed by atoms with Crippen molar-refractivity contribution in [3.8, 4) is 0 Å². The molecule has 0 radical (unpaired) electrons. The van der Waals surface area contributed by atoms with Gasteiger partial charge in [0.05, 0.1) is 0 Å². The van der Waals surface area contributed by atoms with Gasteiger partial charge in [-0.15, -0.1) is 0 Å². The van der Waals surface area contributed by atoms with Crippen LogP contribution in [0.4, 0.5) is 0 Å². The molecule has 0 spiro atoms. The Balaban J connectivity index is 2.49. The SMILES string of the molecule is CC(C)([SiH2]O)C(c1ccccc1)c1ccccc1. The van der Waals surface area contributed by atoms with Gasteiger partial charge in [0.25, 0.3) is 0 Å². The predicted molar refractivity (Wildman–Crippen MR) is 79.5 cm³/mol. The summed E-state index contributed by atoms with van der Waals surface area (Å²) in [7, 11) is -1.09. The van der Waals surface area contributed by atoms with Gasteiger partial charge < -0.3 is 4.80 Å². The van der Waals surface area contributed by atoms with E-state index in [9.17, 15) is 4.80 Å². The normalized spacial score (nSPS) is 12.4. The summed E-state index contributed by atoms with van der Waals surface area (Å²) in [4.78, 5) is 9.83. The van der Waals surface area contributed by atoms with E-state index in [-0.39, 0.29) is 11.0 Å². The number of hydrogen-bond acceptors (Lipinski definition) is 1. The van der Waals surface area contributed by atoms with Crippen LogP contribution in [0.1, 0.15) is 30.9 Å². The standard InChI is InChI=1S/C16H20OSi/c1-16(2,18-17)15(13-9-5-3-6-10-13)14-11-7-4-8-12-14/h3-12,15,17H,18H2,1-2H3. The summed E-state index contributed by atoms with van der Waals surface area (Å²) in [5.41, 5.74) is 2.57. The van der Waals surface area contributed by atoms with Crippen LogP contribution < -0.4 is 0 Å². The Labute approximate surface area is 111 Å². The smallest absolute Gasteiger partial charge is 0.163 e. The third-order valence-electron chi connectivity index (χ3n) is 3.45. The van der Waals surface area contributed by atoms with E-state index >= 15 is 0 Å². The fraction of sp³-hybridized carbons (Fsp3) is 0.250. The van der Waals surface area contributed by atoms with Gasteiger partial charge in [-0.25, -0.2) is 0 Å². The van der Waals surface area contributed by atoms with Crippen LogP contribution in [0.2, 0.25) is 5.04 Å². The van der Waals surface area contributed by atoms with Gasteiger partial charge in [0.2, 0.25) is 0 Å². The van der Waals surface area contributed by atoms with Gasteiger partial charge in [-0.3, -0.25) is 0 Å². The predicted octanol–water partition coefficient (Wildman–Crippen LogP) is 3.09. The molecule has 0 aliphatic carbocycles. The Hall–Kier alpha value is -1.38. The molecule has 0 aliphatic heterocycles. The maximum Gasteiger partial charge on any atom is 0.163 e. The first-order valence-corrected chi connectivity index (χ1v) is 7.70. The van der Waals surface area contributed by atoms with Crippen LogP contribution in [0.3, 0.4) is 0 Å². The summed E-state index contributed by atoms with van der Waals surface area (Å²) in [5.74, 6) is 0.275. The van der Waals surface area contributed by atoms with E-state index in [1.54, 1.807) is 0 Å². The van der Waals surface area contributed by atoms with Crippen molar-refractivity contribution < 1.29 is 4.80 Å². The minimum Gasteiger partial charge on any atom is -0.438 e. The molecule has 0 aromatic heterocycles. The highest BCUT2D eigenvalue weighted by molar-refractivity contribution is 6.30. The molecular weight excluding hydrogens is 236 g/mol. The maximum absolute atomic E-state index is 9.83. The van der Waals surface area contributed by atoms with Crippen molar-refractivity contribution in [1.29, 1.82) is 0 Å². The topological polar surface area (TPSA) is 20.2 Å². The highest BCUT2D eigenvalue weighted by atomic mass is 28.2. The first-order chi connectivity index (χ1) is 8.65. The molecule has 18 heavy (non-hydrogen) atoms. The molecule has 0 fully saturated rings. The Kier molecular flexibility index (Phi) is 3.99. The van der Waals surface area contributed by atoms with Crippen LogP contribution in [0.25, 0.3) is 0 Å². The summed E-state index contributed by atoms with van der Waals surface area (Å²) >= 11 is 0. The average Bonchev–Trinajstić information content (AvgIpc) is 2.41. The monoisotopic (exact) mass is 256 g/mol. The van der Waals surface area contributed by atoms with Crippen LogP contribution in [-0.4, -0.2) is 14.6 Å². The fourth-order valence-corrected chi connectivity index (χ4v) is 3.13. The molecule has 1 N–H and O–H groups in total. The van der Waals surface area contributed by atoms with Crippen LogP contribution in [-0.2, 0) is 0 Å². The molecule has 2 aromatic rings. The van der Waals surface area contributed by atoms with Crippen molar-refractivity contribution in [1.82, 2.24) is 0 Å². The van der Waals surface area contributed by atoms with Crippen LogP contribution in [0.5, 0.6) is 0 Å². The maximum atomic E-state index is 9.83. The third-order valence-corrected chi connectivity index (χ3v) is 4.68. The average molecular weight is 256 g/mol. The molecule has 2 aromatic carbocycles. The molecule has 0 unspecified atom stereocenters. The fourth-order valence-electron chi connectivity index (χ4n) is 2.48. The van der Waals surface area contributed by atoms with Crippen LogP contribution >= 0.6 is 0 Å². The Morgan fingerprint density at radius 2 is 1.22 bits per heavy atom. The van der Waals surface area contributed by atoms with Crippen molar-refractivity contribution in [3.05, 3.63) is 71.8 Å². The zero-order chi connectivity index (χ0) is 13.0. The van der Waals surface area contributed by atoms with E-state index in [0.717, 1.165) is 0 Å². The second kappa shape index (κ2) is 5.51. The quantitative estimate of drug-likeness (QED) is 0.834. The zero-order valence-electron chi connectivity index (χ0n) is 11.0. The van der Waals surface area contributed by atoms with E-state index in [1.807, 2.05) is 12.1 Å². The van der Waals surface area contributed by atoms with Crippen molar-refractivity contribution in [2.24, 2.45) is 0 Å². The van der Waals surface area contributed by atoms with E-state index in [1.165, 1.54) is 11.1 Å². The summed E-state index contributed by atoms with van der Waals surface area (Å²) < 4.78 is 0. The van der Waals surface area contributed by atoms with Gasteiger partial charge in [0.1, 0.15) is 0 Å². The minimum atomic E-state index is -1.09. The Bertz CT molecular complexity index is 439. The molecule has 0 heterocycles. The molecule has 2 rings (SSSR count). The van der Waals surface area contributed by atoms with Gasteiger partial charge in [0.15, 0.2) is 9.76 Å². The van der Waals surface area contributed by atoms with Crippen molar-refractivity contribution in [2.45, 2.75) is 24.8 Å². The molecule has 0 atom stereocenters. The summed E-state index contributed by atoms with van der Waals surface area (Å²) in [6.45, 7) is 4.34. The molecule has 0 amide bonds. The highest BCUT2D eigenvalue weighted by Crippen LogP contribution is 2.44. The van der Waals surface area contributed by atoms with Crippen LogP contribution in [0, 0.1) is 0 Å². The van der Waals surface area contributed by atoms with E-state index in [2.05, 4.69) is 62.4 Å².